The van der Waals surface area contributed by atoms with Crippen molar-refractivity contribution in [3.05, 3.63) is 0 Å². The van der Waals surface area contributed by atoms with Crippen molar-refractivity contribution in [2.24, 2.45) is 0 Å². The molecule has 6 heavy (non-hydrogen) atoms. The van der Waals surface area contributed by atoms with Gasteiger partial charge in [0.05, 0.1) is 0 Å². The Hall–Kier alpha value is 1.80. The van der Waals surface area contributed by atoms with Crippen LogP contribution in [0.1, 0.15) is 0 Å². The van der Waals surface area contributed by atoms with Gasteiger partial charge in [0.1, 0.15) is 0 Å². The molecule has 0 N–H and O–H groups in total. The fourth-order valence-corrected chi connectivity index (χ4v) is 0. The Morgan fingerprint density at radius 2 is 1.17 bits per heavy atom. The van der Waals surface area contributed by atoms with Gasteiger partial charge in [-0.05, 0) is 0 Å². The van der Waals surface area contributed by atoms with E-state index in [4.69, 9.17) is 5.11 Å². The molecule has 0 atom stereocenters. The molecule has 0 spiro atoms. The quantitative estimate of drug-likeness (QED) is 0.421. The van der Waals surface area contributed by atoms with Crippen LogP contribution in [0.15, 0.2) is 0 Å². The van der Waals surface area contributed by atoms with Crippen molar-refractivity contribution in [2.75, 3.05) is 0 Å². The van der Waals surface area contributed by atoms with Gasteiger partial charge in [0, 0.05) is 0 Å². The molecule has 0 amide bonds. The Labute approximate surface area is 91.3 Å². The summed E-state index contributed by atoms with van der Waals surface area (Å²) in [6.45, 7) is 0. The molecule has 0 saturated carbocycles. The van der Waals surface area contributed by atoms with Crippen molar-refractivity contribution in [3.63, 3.8) is 0 Å². The molecule has 0 fully saturated rings. The van der Waals surface area contributed by atoms with Crippen LogP contribution >= 0.6 is 0 Å². The van der Waals surface area contributed by atoms with E-state index in [-0.39, 0.29) is 68.9 Å². The molecular weight excluding hydrogens is 218 g/mol. The van der Waals surface area contributed by atoms with Crippen molar-refractivity contribution < 1.29 is 87.2 Å². The average Bonchev–Trinajstić information content (AvgIpc) is 0.722. The van der Waals surface area contributed by atoms with E-state index >= 15 is 0 Å². The maximum atomic E-state index is 9.80. The van der Waals surface area contributed by atoms with Gasteiger partial charge in [-0.25, -0.2) is 0 Å². The Bertz CT molecular complexity index is 26.3. The number of hydrogen-bond donors (Lipinski definition) is 0. The minimum Gasteiger partial charge on any atom is -0.771 e. The van der Waals surface area contributed by atoms with E-state index < -0.39 is 6.36 Å². The third kappa shape index (κ3) is 41.2. The molecule has 0 aliphatic heterocycles. The van der Waals surface area contributed by atoms with E-state index in [1.807, 2.05) is 0 Å². The molecule has 0 aromatic heterocycles. The van der Waals surface area contributed by atoms with E-state index in [2.05, 4.69) is 0 Å². The fourth-order valence-electron chi connectivity index (χ4n) is 0. The summed E-state index contributed by atoms with van der Waals surface area (Å²) >= 11 is 0. The van der Waals surface area contributed by atoms with E-state index in [1.165, 1.54) is 0 Å². The molecule has 0 aromatic rings. The molecule has 0 aromatic carbocycles. The second kappa shape index (κ2) is 3.76. The molecule has 5 heteroatoms. The topological polar surface area (TPSA) is 23.1 Å². The summed E-state index contributed by atoms with van der Waals surface area (Å²) in [5.74, 6) is 0. The summed E-state index contributed by atoms with van der Waals surface area (Å²) in [5, 5.41) is 8.10. The number of halogens is 3. The molecule has 0 rings (SSSR count). The summed E-state index contributed by atoms with van der Waals surface area (Å²) in [7, 11) is 0. The molecule has 1 nitrogen and oxygen atoms in total. The van der Waals surface area contributed by atoms with Crippen molar-refractivity contribution in [1.29, 1.82) is 0 Å². The van der Waals surface area contributed by atoms with E-state index in [0.29, 0.717) is 0 Å². The summed E-state index contributed by atoms with van der Waals surface area (Å²) in [5.41, 5.74) is 0. The minimum atomic E-state index is -5.25. The van der Waals surface area contributed by atoms with E-state index in [1.54, 1.807) is 0 Å². The number of alkyl halides is 3. The zero-order valence-corrected chi connectivity index (χ0v) is 9.32. The number of rotatable bonds is 0. The summed E-state index contributed by atoms with van der Waals surface area (Å²) in [6.07, 6.45) is -5.25. The van der Waals surface area contributed by atoms with Gasteiger partial charge in [-0.2, -0.15) is 13.2 Å². The van der Waals surface area contributed by atoms with Crippen LogP contribution in [-0.2, 0) is 0 Å². The Morgan fingerprint density at radius 3 is 1.17 bits per heavy atom. The molecule has 0 unspecified atom stereocenters. The van der Waals surface area contributed by atoms with Crippen molar-refractivity contribution in [3.8, 4) is 0 Å². The van der Waals surface area contributed by atoms with Crippen LogP contribution in [0.4, 0.5) is 13.2 Å². The first-order valence-corrected chi connectivity index (χ1v) is 0.771. The molecule has 0 heterocycles. The Morgan fingerprint density at radius 1 is 1.17 bits per heavy atom. The first kappa shape index (κ1) is 10.7. The van der Waals surface area contributed by atoms with E-state index in [9.17, 15) is 13.2 Å². The molecule has 0 bridgehead atoms. The largest absolute Gasteiger partial charge is 1.00 e. The van der Waals surface area contributed by atoms with Crippen LogP contribution < -0.4 is 74.0 Å². The predicted molar refractivity (Wildman–Crippen MR) is 6.05 cm³/mol. The van der Waals surface area contributed by atoms with Crippen molar-refractivity contribution in [1.82, 2.24) is 0 Å². The normalized spacial score (nSPS) is 10.0. The van der Waals surface area contributed by atoms with Crippen LogP contribution in [0, 0.1) is 0 Å². The minimum absolute atomic E-state index is 0. The maximum absolute atomic E-state index is 9.80. The van der Waals surface area contributed by atoms with Crippen LogP contribution in [0.5, 0.6) is 0 Å². The van der Waals surface area contributed by atoms with Crippen LogP contribution in [0.3, 0.4) is 0 Å². The van der Waals surface area contributed by atoms with Gasteiger partial charge in [0.2, 0.25) is 0 Å². The Kier molecular flexibility index (Phi) is 6.72. The maximum Gasteiger partial charge on any atom is 1.00 e. The third-order valence-electron chi connectivity index (χ3n) is 0. The van der Waals surface area contributed by atoms with Crippen molar-refractivity contribution in [2.45, 2.75) is 6.36 Å². The summed E-state index contributed by atoms with van der Waals surface area (Å²) in [4.78, 5) is 0. The predicted octanol–water partition coefficient (Wildman–Crippen LogP) is -3.13. The molecular formula is CCsF3O. The van der Waals surface area contributed by atoms with E-state index in [0.717, 1.165) is 0 Å². The van der Waals surface area contributed by atoms with Gasteiger partial charge in [-0.3, -0.25) is 0 Å². The van der Waals surface area contributed by atoms with Gasteiger partial charge < -0.3 is 5.11 Å². The van der Waals surface area contributed by atoms with Gasteiger partial charge in [0.15, 0.2) is 0 Å². The number of hydrogen-bond acceptors (Lipinski definition) is 1. The van der Waals surface area contributed by atoms with Gasteiger partial charge in [-0.1, -0.05) is 0 Å². The fraction of sp³-hybridized carbons (Fsp3) is 1.00. The monoisotopic (exact) mass is 218 g/mol. The third-order valence-corrected chi connectivity index (χ3v) is 0. The Balaban J connectivity index is 0. The standard InChI is InChI=1S/CF3O.Cs/c2-1(3,4)5;/q-1;+1. The zero-order valence-electron chi connectivity index (χ0n) is 3.04. The second-order valence-electron chi connectivity index (χ2n) is 0.446. The van der Waals surface area contributed by atoms with Crippen LogP contribution in [0.2, 0.25) is 0 Å². The van der Waals surface area contributed by atoms with Gasteiger partial charge in [-0.15, -0.1) is 0 Å². The zero-order chi connectivity index (χ0) is 4.50. The van der Waals surface area contributed by atoms with Crippen LogP contribution in [0.25, 0.3) is 0 Å². The molecule has 0 aliphatic carbocycles. The molecule has 0 aliphatic rings. The summed E-state index contributed by atoms with van der Waals surface area (Å²) in [6, 6.07) is 0. The average molecular weight is 218 g/mol. The molecule has 32 valence electrons. The van der Waals surface area contributed by atoms with Crippen LogP contribution in [-0.4, -0.2) is 6.36 Å². The first-order chi connectivity index (χ1) is 2.00. The second-order valence-corrected chi connectivity index (χ2v) is 0.446. The van der Waals surface area contributed by atoms with Gasteiger partial charge in [0.25, 0.3) is 0 Å². The van der Waals surface area contributed by atoms with Crippen molar-refractivity contribution >= 4 is 0 Å². The first-order valence-electron chi connectivity index (χ1n) is 0.771. The molecule has 0 radical (unpaired) electrons. The summed E-state index contributed by atoms with van der Waals surface area (Å²) < 4.78 is 29.4. The molecule has 0 saturated heterocycles. The van der Waals surface area contributed by atoms with Gasteiger partial charge >= 0.3 is 75.3 Å². The smallest absolute Gasteiger partial charge is 0.771 e. The SMILES string of the molecule is [Cs+].[O-]C(F)(F)F.